The molecule has 0 heterocycles. The van der Waals surface area contributed by atoms with E-state index in [2.05, 4.69) is 5.32 Å². The lowest BCUT2D eigenvalue weighted by atomic mass is 10.1. The highest BCUT2D eigenvalue weighted by molar-refractivity contribution is 6.31. The van der Waals surface area contributed by atoms with Crippen molar-refractivity contribution in [2.24, 2.45) is 0 Å². The monoisotopic (exact) mass is 292 g/mol. The molecule has 20 heavy (non-hydrogen) atoms. The van der Waals surface area contributed by atoms with Gasteiger partial charge >= 0.3 is 0 Å². The molecule has 0 aromatic heterocycles. The number of hydrogen-bond donors (Lipinski definition) is 2. The molecule has 1 atom stereocenters. The van der Waals surface area contributed by atoms with Crippen molar-refractivity contribution in [2.45, 2.75) is 13.0 Å². The lowest BCUT2D eigenvalue weighted by Gasteiger charge is -2.16. The molecule has 2 aromatic carbocycles. The Hall–Kier alpha value is -2.07. The van der Waals surface area contributed by atoms with Gasteiger partial charge in [0, 0.05) is 16.3 Å². The molecule has 0 spiro atoms. The van der Waals surface area contributed by atoms with Gasteiger partial charge in [0.1, 0.15) is 5.82 Å². The van der Waals surface area contributed by atoms with Crippen LogP contribution in [0.5, 0.6) is 0 Å². The van der Waals surface area contributed by atoms with E-state index in [9.17, 15) is 9.18 Å². The Bertz CT molecular complexity index is 646. The van der Waals surface area contributed by atoms with E-state index in [1.807, 2.05) is 0 Å². The predicted octanol–water partition coefficient (Wildman–Crippen LogP) is 3.55. The highest BCUT2D eigenvalue weighted by Gasteiger charge is 2.16. The zero-order valence-corrected chi connectivity index (χ0v) is 11.6. The van der Waals surface area contributed by atoms with Gasteiger partial charge in [0.05, 0.1) is 11.6 Å². The van der Waals surface area contributed by atoms with Crippen LogP contribution in [0, 0.1) is 5.82 Å². The van der Waals surface area contributed by atoms with Crippen LogP contribution in [0.25, 0.3) is 0 Å². The zero-order valence-electron chi connectivity index (χ0n) is 10.9. The van der Waals surface area contributed by atoms with Crippen molar-refractivity contribution in [1.29, 1.82) is 0 Å². The Morgan fingerprint density at radius 3 is 2.65 bits per heavy atom. The maximum atomic E-state index is 13.6. The van der Waals surface area contributed by atoms with Gasteiger partial charge in [0.2, 0.25) is 0 Å². The number of rotatable bonds is 3. The van der Waals surface area contributed by atoms with Crippen molar-refractivity contribution in [3.63, 3.8) is 0 Å². The van der Waals surface area contributed by atoms with Gasteiger partial charge < -0.3 is 11.1 Å². The fourth-order valence-electron chi connectivity index (χ4n) is 1.92. The first-order valence-corrected chi connectivity index (χ1v) is 6.47. The van der Waals surface area contributed by atoms with E-state index in [4.69, 9.17) is 17.3 Å². The molecule has 0 aliphatic carbocycles. The molecule has 104 valence electrons. The predicted molar refractivity (Wildman–Crippen MR) is 78.1 cm³/mol. The average Bonchev–Trinajstić information content (AvgIpc) is 2.38. The minimum Gasteiger partial charge on any atom is -0.398 e. The van der Waals surface area contributed by atoms with Crippen LogP contribution in [-0.4, -0.2) is 5.91 Å². The zero-order chi connectivity index (χ0) is 14.7. The van der Waals surface area contributed by atoms with Gasteiger partial charge in [-0.2, -0.15) is 0 Å². The highest BCUT2D eigenvalue weighted by atomic mass is 35.5. The van der Waals surface area contributed by atoms with Crippen molar-refractivity contribution < 1.29 is 9.18 Å². The topological polar surface area (TPSA) is 55.1 Å². The second-order valence-corrected chi connectivity index (χ2v) is 4.88. The summed E-state index contributed by atoms with van der Waals surface area (Å²) >= 11 is 5.78. The van der Waals surface area contributed by atoms with Crippen molar-refractivity contribution in [1.82, 2.24) is 5.32 Å². The second-order valence-electron chi connectivity index (χ2n) is 4.45. The van der Waals surface area contributed by atoms with Crippen molar-refractivity contribution >= 4 is 23.2 Å². The van der Waals surface area contributed by atoms with Crippen LogP contribution in [0.4, 0.5) is 10.1 Å². The molecule has 1 amide bonds. The number of anilines is 1. The molecule has 5 heteroatoms. The van der Waals surface area contributed by atoms with Gasteiger partial charge in [-0.15, -0.1) is 0 Å². The fraction of sp³-hybridized carbons (Fsp3) is 0.133. The Balaban J connectivity index is 2.17. The lowest BCUT2D eigenvalue weighted by molar-refractivity contribution is 0.0940. The largest absolute Gasteiger partial charge is 0.398 e. The quantitative estimate of drug-likeness (QED) is 0.850. The molecule has 3 N–H and O–H groups in total. The Labute approximate surface area is 121 Å². The van der Waals surface area contributed by atoms with E-state index in [1.54, 1.807) is 37.3 Å². The number of nitrogens with one attached hydrogen (secondary N) is 1. The first-order valence-electron chi connectivity index (χ1n) is 6.09. The van der Waals surface area contributed by atoms with Crippen molar-refractivity contribution in [3.8, 4) is 0 Å². The summed E-state index contributed by atoms with van der Waals surface area (Å²) in [4.78, 5) is 12.1. The van der Waals surface area contributed by atoms with Gasteiger partial charge in [0.25, 0.3) is 5.91 Å². The summed E-state index contributed by atoms with van der Waals surface area (Å²) < 4.78 is 13.6. The summed E-state index contributed by atoms with van der Waals surface area (Å²) in [6.07, 6.45) is 0. The number of amides is 1. The molecule has 2 aromatic rings. The van der Waals surface area contributed by atoms with Crippen molar-refractivity contribution in [3.05, 3.63) is 64.4 Å². The molecular weight excluding hydrogens is 279 g/mol. The van der Waals surface area contributed by atoms with E-state index in [0.29, 0.717) is 16.1 Å². The third kappa shape index (κ3) is 3.08. The smallest absolute Gasteiger partial charge is 0.253 e. The summed E-state index contributed by atoms with van der Waals surface area (Å²) in [5.41, 5.74) is 6.78. The maximum absolute atomic E-state index is 13.6. The molecule has 1 unspecified atom stereocenters. The Morgan fingerprint density at radius 2 is 2.00 bits per heavy atom. The Kier molecular flexibility index (Phi) is 4.25. The summed E-state index contributed by atoms with van der Waals surface area (Å²) in [6, 6.07) is 10.5. The molecule has 0 radical (unpaired) electrons. The van der Waals surface area contributed by atoms with Crippen LogP contribution >= 0.6 is 11.6 Å². The molecule has 0 aliphatic heterocycles. The van der Waals surface area contributed by atoms with E-state index < -0.39 is 6.04 Å². The van der Waals surface area contributed by atoms with Crippen LogP contribution < -0.4 is 11.1 Å². The number of carbonyl (C=O) groups is 1. The summed E-state index contributed by atoms with van der Waals surface area (Å²) in [6.45, 7) is 1.71. The third-order valence-electron chi connectivity index (χ3n) is 2.98. The maximum Gasteiger partial charge on any atom is 0.253 e. The van der Waals surface area contributed by atoms with E-state index in [0.717, 1.165) is 0 Å². The van der Waals surface area contributed by atoms with Crippen LogP contribution in [-0.2, 0) is 0 Å². The number of hydrogen-bond acceptors (Lipinski definition) is 2. The number of benzene rings is 2. The molecule has 0 saturated heterocycles. The van der Waals surface area contributed by atoms with Gasteiger partial charge in [-0.1, -0.05) is 29.8 Å². The van der Waals surface area contributed by atoms with E-state index in [1.165, 1.54) is 12.1 Å². The van der Waals surface area contributed by atoms with E-state index >= 15 is 0 Å². The minimum absolute atomic E-state index is 0.288. The van der Waals surface area contributed by atoms with Crippen LogP contribution in [0.2, 0.25) is 5.02 Å². The fourth-order valence-corrected chi connectivity index (χ4v) is 2.10. The molecule has 0 fully saturated rings. The van der Waals surface area contributed by atoms with Crippen LogP contribution in [0.1, 0.15) is 28.9 Å². The van der Waals surface area contributed by atoms with Gasteiger partial charge in [-0.25, -0.2) is 4.39 Å². The van der Waals surface area contributed by atoms with Gasteiger partial charge in [-0.3, -0.25) is 4.79 Å². The standard InChI is InChI=1S/C15H14ClFN2O/c1-9(11-4-2-3-5-13(11)17)19-15(20)12-7-6-10(16)8-14(12)18/h2-9H,18H2,1H3,(H,19,20). The second kappa shape index (κ2) is 5.92. The summed E-state index contributed by atoms with van der Waals surface area (Å²) in [5.74, 6) is -0.723. The Morgan fingerprint density at radius 1 is 1.30 bits per heavy atom. The number of halogens is 2. The molecule has 0 aliphatic rings. The number of nitrogen functional groups attached to an aromatic ring is 1. The summed E-state index contributed by atoms with van der Waals surface area (Å²) in [5, 5.41) is 3.17. The van der Waals surface area contributed by atoms with E-state index in [-0.39, 0.29) is 17.4 Å². The van der Waals surface area contributed by atoms with Crippen LogP contribution in [0.3, 0.4) is 0 Å². The SMILES string of the molecule is CC(NC(=O)c1ccc(Cl)cc1N)c1ccccc1F. The lowest BCUT2D eigenvalue weighted by Crippen LogP contribution is -2.27. The molecule has 3 nitrogen and oxygen atoms in total. The molecule has 0 saturated carbocycles. The number of carbonyl (C=O) groups excluding carboxylic acids is 1. The number of nitrogens with two attached hydrogens (primary N) is 1. The molecule has 2 rings (SSSR count). The molecule has 0 bridgehead atoms. The van der Waals surface area contributed by atoms with Crippen LogP contribution in [0.15, 0.2) is 42.5 Å². The first-order chi connectivity index (χ1) is 9.49. The average molecular weight is 293 g/mol. The third-order valence-corrected chi connectivity index (χ3v) is 3.21. The minimum atomic E-state index is -0.459. The summed E-state index contributed by atoms with van der Waals surface area (Å²) in [7, 11) is 0. The molecular formula is C15H14ClFN2O. The van der Waals surface area contributed by atoms with Crippen molar-refractivity contribution in [2.75, 3.05) is 5.73 Å². The normalized spacial score (nSPS) is 11.9. The van der Waals surface area contributed by atoms with Gasteiger partial charge in [0.15, 0.2) is 0 Å². The highest BCUT2D eigenvalue weighted by Crippen LogP contribution is 2.20. The first kappa shape index (κ1) is 14.3. The van der Waals surface area contributed by atoms with Gasteiger partial charge in [-0.05, 0) is 31.2 Å².